The van der Waals surface area contributed by atoms with Gasteiger partial charge in [0.2, 0.25) is 0 Å². The Morgan fingerprint density at radius 2 is 2.16 bits per heavy atom. The van der Waals surface area contributed by atoms with Gasteiger partial charge in [0.1, 0.15) is 17.1 Å². The first kappa shape index (κ1) is 16.6. The fourth-order valence-electron chi connectivity index (χ4n) is 1.99. The van der Waals surface area contributed by atoms with Gasteiger partial charge in [-0.3, -0.25) is 4.79 Å². The summed E-state index contributed by atoms with van der Waals surface area (Å²) in [6, 6.07) is 7.48. The van der Waals surface area contributed by atoms with Crippen molar-refractivity contribution in [3.05, 3.63) is 65.0 Å². The molecule has 0 saturated carbocycles. The standard InChI is InChI=1S/C17H12N2O5S/c20-13-7-6-10(9-12(13)16(22)23)18-17-19-15(21)14(25-17)5-1-3-11-4-2-8-24-11/h1-9,20H,(H,22,23)(H,18,19,21). The molecular weight excluding hydrogens is 344 g/mol. The van der Waals surface area contributed by atoms with Crippen LogP contribution in [0.2, 0.25) is 0 Å². The van der Waals surface area contributed by atoms with Crippen molar-refractivity contribution in [1.82, 2.24) is 5.32 Å². The lowest BCUT2D eigenvalue weighted by molar-refractivity contribution is -0.115. The number of carboxylic acids is 1. The first-order valence-corrected chi connectivity index (χ1v) is 7.90. The van der Waals surface area contributed by atoms with Gasteiger partial charge in [-0.15, -0.1) is 0 Å². The number of amides is 1. The fraction of sp³-hybridized carbons (Fsp3) is 0. The van der Waals surface area contributed by atoms with E-state index in [0.29, 0.717) is 21.5 Å². The van der Waals surface area contributed by atoms with Crippen LogP contribution in [0.1, 0.15) is 16.1 Å². The predicted molar refractivity (Wildman–Crippen MR) is 93.7 cm³/mol. The number of phenols is 1. The average molecular weight is 356 g/mol. The van der Waals surface area contributed by atoms with E-state index in [2.05, 4.69) is 10.3 Å². The van der Waals surface area contributed by atoms with Crippen LogP contribution in [0.15, 0.2) is 63.1 Å². The summed E-state index contributed by atoms with van der Waals surface area (Å²) in [5.74, 6) is -1.24. The summed E-state index contributed by atoms with van der Waals surface area (Å²) in [5, 5.41) is 21.4. The van der Waals surface area contributed by atoms with E-state index in [9.17, 15) is 14.7 Å². The molecule has 2 aromatic rings. The maximum atomic E-state index is 11.9. The summed E-state index contributed by atoms with van der Waals surface area (Å²) in [7, 11) is 0. The van der Waals surface area contributed by atoms with E-state index in [1.165, 1.54) is 18.2 Å². The smallest absolute Gasteiger partial charge is 0.339 e. The Morgan fingerprint density at radius 3 is 2.88 bits per heavy atom. The topological polar surface area (TPSA) is 112 Å². The number of aromatic hydroxyl groups is 1. The van der Waals surface area contributed by atoms with Gasteiger partial charge in [0.25, 0.3) is 5.91 Å². The Morgan fingerprint density at radius 1 is 1.32 bits per heavy atom. The van der Waals surface area contributed by atoms with Gasteiger partial charge in [0.05, 0.1) is 16.9 Å². The molecule has 0 atom stereocenters. The minimum Gasteiger partial charge on any atom is -0.507 e. The van der Waals surface area contributed by atoms with Crippen LogP contribution < -0.4 is 5.32 Å². The van der Waals surface area contributed by atoms with Crippen LogP contribution in [-0.4, -0.2) is 27.3 Å². The van der Waals surface area contributed by atoms with E-state index in [1.807, 2.05) is 0 Å². The zero-order valence-electron chi connectivity index (χ0n) is 12.7. The highest BCUT2D eigenvalue weighted by molar-refractivity contribution is 8.18. The van der Waals surface area contributed by atoms with Crippen molar-refractivity contribution in [2.45, 2.75) is 0 Å². The van der Waals surface area contributed by atoms with Crippen LogP contribution in [0.25, 0.3) is 6.08 Å². The van der Waals surface area contributed by atoms with Gasteiger partial charge in [-0.1, -0.05) is 6.08 Å². The zero-order chi connectivity index (χ0) is 17.8. The molecule has 1 amide bonds. The maximum Gasteiger partial charge on any atom is 0.339 e. The molecule has 1 aliphatic rings. The van der Waals surface area contributed by atoms with Crippen molar-refractivity contribution in [2.75, 3.05) is 0 Å². The monoisotopic (exact) mass is 356 g/mol. The molecule has 1 fully saturated rings. The third-order valence-electron chi connectivity index (χ3n) is 3.14. The van der Waals surface area contributed by atoms with Crippen LogP contribution in [0.3, 0.4) is 0 Å². The lowest BCUT2D eigenvalue weighted by atomic mass is 10.2. The Bertz CT molecular complexity index is 913. The van der Waals surface area contributed by atoms with Crippen molar-refractivity contribution < 1.29 is 24.2 Å². The minimum absolute atomic E-state index is 0.256. The third-order valence-corrected chi connectivity index (χ3v) is 4.07. The Kier molecular flexibility index (Phi) is 4.71. The third kappa shape index (κ3) is 3.99. The predicted octanol–water partition coefficient (Wildman–Crippen LogP) is 3.13. The van der Waals surface area contributed by atoms with E-state index < -0.39 is 5.97 Å². The van der Waals surface area contributed by atoms with Crippen LogP contribution in [0.5, 0.6) is 5.75 Å². The molecule has 7 nitrogen and oxygen atoms in total. The molecule has 1 saturated heterocycles. The van der Waals surface area contributed by atoms with Gasteiger partial charge in [0.15, 0.2) is 5.17 Å². The number of thioether (sulfide) groups is 1. The molecule has 3 rings (SSSR count). The SMILES string of the molecule is O=C1NC(=Nc2ccc(O)c(C(=O)O)c2)SC1=CC=Cc1ccco1. The molecule has 1 aliphatic heterocycles. The summed E-state index contributed by atoms with van der Waals surface area (Å²) in [6.45, 7) is 0. The van der Waals surface area contributed by atoms with E-state index in [1.54, 1.807) is 36.6 Å². The maximum absolute atomic E-state index is 11.9. The second-order valence-corrected chi connectivity index (χ2v) is 5.92. The Balaban J connectivity index is 1.77. The summed E-state index contributed by atoms with van der Waals surface area (Å²) in [5.41, 5.74) is 0.0543. The number of carbonyl (C=O) groups excluding carboxylic acids is 1. The quantitative estimate of drug-likeness (QED) is 0.726. The summed E-state index contributed by atoms with van der Waals surface area (Å²) in [6.07, 6.45) is 6.59. The first-order valence-electron chi connectivity index (χ1n) is 7.09. The minimum atomic E-state index is -1.26. The fourth-order valence-corrected chi connectivity index (χ4v) is 2.79. The molecule has 0 aliphatic carbocycles. The molecule has 0 unspecified atom stereocenters. The number of carbonyl (C=O) groups is 2. The number of nitrogens with one attached hydrogen (secondary N) is 1. The Hall–Kier alpha value is -3.26. The molecular formula is C17H12N2O5S. The second kappa shape index (κ2) is 7.10. The van der Waals surface area contributed by atoms with Gasteiger partial charge in [-0.05, 0) is 54.2 Å². The Labute approximate surface area is 146 Å². The van der Waals surface area contributed by atoms with Gasteiger partial charge >= 0.3 is 5.97 Å². The number of amidine groups is 1. The second-order valence-electron chi connectivity index (χ2n) is 4.89. The number of carboxylic acid groups (broad SMARTS) is 1. The van der Waals surface area contributed by atoms with Crippen molar-refractivity contribution in [3.8, 4) is 5.75 Å². The number of benzene rings is 1. The van der Waals surface area contributed by atoms with Crippen LogP contribution in [0, 0.1) is 0 Å². The molecule has 1 aromatic carbocycles. The van der Waals surface area contributed by atoms with Crippen molar-refractivity contribution in [1.29, 1.82) is 0 Å². The van der Waals surface area contributed by atoms with Gasteiger partial charge in [-0.25, -0.2) is 9.79 Å². The summed E-state index contributed by atoms with van der Waals surface area (Å²) in [4.78, 5) is 27.6. The van der Waals surface area contributed by atoms with Crippen molar-refractivity contribution in [2.24, 2.45) is 4.99 Å². The van der Waals surface area contributed by atoms with E-state index in [-0.39, 0.29) is 17.2 Å². The molecule has 0 radical (unpaired) electrons. The lowest BCUT2D eigenvalue weighted by Crippen LogP contribution is -2.19. The average Bonchev–Trinajstić information content (AvgIpc) is 3.19. The number of aromatic carboxylic acids is 1. The number of allylic oxidation sites excluding steroid dienone is 2. The summed E-state index contributed by atoms with van der Waals surface area (Å²) >= 11 is 1.13. The normalized spacial score (nSPS) is 17.5. The zero-order valence-corrected chi connectivity index (χ0v) is 13.5. The highest BCUT2D eigenvalue weighted by Crippen LogP contribution is 2.28. The number of rotatable bonds is 4. The number of hydrogen-bond acceptors (Lipinski definition) is 6. The first-order chi connectivity index (χ1) is 12.0. The molecule has 126 valence electrons. The van der Waals surface area contributed by atoms with E-state index in [4.69, 9.17) is 9.52 Å². The lowest BCUT2D eigenvalue weighted by Gasteiger charge is -2.01. The van der Waals surface area contributed by atoms with Crippen LogP contribution in [-0.2, 0) is 4.79 Å². The molecule has 1 aromatic heterocycles. The van der Waals surface area contributed by atoms with Crippen molar-refractivity contribution >= 4 is 40.6 Å². The number of aliphatic imine (C=N–C) groups is 1. The molecule has 2 heterocycles. The van der Waals surface area contributed by atoms with E-state index in [0.717, 1.165) is 11.8 Å². The highest BCUT2D eigenvalue weighted by Gasteiger charge is 2.23. The molecule has 25 heavy (non-hydrogen) atoms. The number of furan rings is 1. The molecule has 0 bridgehead atoms. The van der Waals surface area contributed by atoms with Crippen LogP contribution >= 0.6 is 11.8 Å². The highest BCUT2D eigenvalue weighted by atomic mass is 32.2. The van der Waals surface area contributed by atoms with Crippen LogP contribution in [0.4, 0.5) is 5.69 Å². The molecule has 8 heteroatoms. The van der Waals surface area contributed by atoms with Gasteiger partial charge in [0, 0.05) is 0 Å². The summed E-state index contributed by atoms with van der Waals surface area (Å²) < 4.78 is 5.15. The van der Waals surface area contributed by atoms with Crippen molar-refractivity contribution in [3.63, 3.8) is 0 Å². The molecule has 3 N–H and O–H groups in total. The number of hydrogen-bond donors (Lipinski definition) is 3. The molecule has 0 spiro atoms. The van der Waals surface area contributed by atoms with E-state index >= 15 is 0 Å². The largest absolute Gasteiger partial charge is 0.507 e. The van der Waals surface area contributed by atoms with Gasteiger partial charge in [-0.2, -0.15) is 0 Å². The number of nitrogens with zero attached hydrogens (tertiary/aromatic N) is 1. The van der Waals surface area contributed by atoms with Gasteiger partial charge < -0.3 is 19.9 Å².